The lowest BCUT2D eigenvalue weighted by Gasteiger charge is -2.46. The minimum atomic E-state index is -0.165. The molecule has 2 aromatic heterocycles. The highest BCUT2D eigenvalue weighted by Gasteiger charge is 2.50. The van der Waals surface area contributed by atoms with E-state index in [1.54, 1.807) is 0 Å². The average molecular weight is 969 g/mol. The fraction of sp³-hybridized carbons (Fsp3) is 0.294. The molecule has 5 heteroatoms. The zero-order valence-electron chi connectivity index (χ0n) is 44.7. The monoisotopic (exact) mass is 968 g/mol. The van der Waals surface area contributed by atoms with Crippen LogP contribution in [-0.2, 0) is 21.7 Å². The predicted octanol–water partition coefficient (Wildman–Crippen LogP) is 18.3. The number of rotatable bonds is 3. The van der Waals surface area contributed by atoms with Gasteiger partial charge in [0.05, 0.1) is 11.4 Å². The number of fused-ring (bicyclic) bond motifs is 13. The Kier molecular flexibility index (Phi) is 9.29. The third kappa shape index (κ3) is 6.30. The maximum atomic E-state index is 7.09. The van der Waals surface area contributed by atoms with Crippen LogP contribution in [0.25, 0.3) is 65.1 Å². The van der Waals surface area contributed by atoms with Gasteiger partial charge in [-0.3, -0.25) is 0 Å². The van der Waals surface area contributed by atoms with E-state index in [-0.39, 0.29) is 28.5 Å². The van der Waals surface area contributed by atoms with Gasteiger partial charge in [-0.2, -0.15) is 0 Å². The lowest BCUT2D eigenvalue weighted by atomic mass is 9.46. The first kappa shape index (κ1) is 45.1. The lowest BCUT2D eigenvalue weighted by Crippen LogP contribution is -2.60. The fourth-order valence-corrected chi connectivity index (χ4v) is 15.8. The van der Waals surface area contributed by atoms with Gasteiger partial charge in [0.25, 0.3) is 0 Å². The van der Waals surface area contributed by atoms with E-state index in [0.717, 1.165) is 40.5 Å². The van der Waals surface area contributed by atoms with Crippen molar-refractivity contribution < 1.29 is 4.42 Å². The molecule has 0 radical (unpaired) electrons. The number of furan rings is 1. The summed E-state index contributed by atoms with van der Waals surface area (Å²) in [5, 5.41) is 6.14. The predicted molar refractivity (Wildman–Crippen MR) is 315 cm³/mol. The van der Waals surface area contributed by atoms with Crippen LogP contribution in [0, 0.1) is 27.7 Å². The summed E-state index contributed by atoms with van der Waals surface area (Å²) < 4.78 is 9.83. The van der Waals surface area contributed by atoms with E-state index in [4.69, 9.17) is 4.42 Å². The summed E-state index contributed by atoms with van der Waals surface area (Å²) in [7, 11) is 0. The van der Waals surface area contributed by atoms with Crippen LogP contribution in [0.5, 0.6) is 0 Å². The Morgan fingerprint density at radius 2 is 1.11 bits per heavy atom. The van der Waals surface area contributed by atoms with E-state index < -0.39 is 0 Å². The Morgan fingerprint density at radius 3 is 1.82 bits per heavy atom. The maximum Gasteiger partial charge on any atom is 0.343 e. The van der Waals surface area contributed by atoms with E-state index in [0.29, 0.717) is 0 Å². The molecule has 4 aliphatic rings. The molecule has 0 atom stereocenters. The van der Waals surface area contributed by atoms with Crippen molar-refractivity contribution in [2.24, 2.45) is 0 Å². The molecule has 0 spiro atoms. The number of benzene rings is 8. The van der Waals surface area contributed by atoms with Crippen LogP contribution in [0.1, 0.15) is 126 Å². The smallest absolute Gasteiger partial charge is 0.343 e. The van der Waals surface area contributed by atoms with Crippen molar-refractivity contribution in [3.05, 3.63) is 172 Å². The summed E-state index contributed by atoms with van der Waals surface area (Å²) in [4.78, 5) is 5.48. The molecular weight excluding hydrogens is 904 g/mol. The number of nitrogens with zero attached hydrogens (tertiary/aromatic N) is 2. The van der Waals surface area contributed by atoms with Gasteiger partial charge in [-0.1, -0.05) is 140 Å². The Balaban J connectivity index is 1.19. The van der Waals surface area contributed by atoms with Crippen molar-refractivity contribution in [2.45, 2.75) is 130 Å². The van der Waals surface area contributed by atoms with Crippen LogP contribution in [0.15, 0.2) is 132 Å². The molecule has 0 N–H and O–H groups in total. The van der Waals surface area contributed by atoms with Gasteiger partial charge in [0, 0.05) is 48.3 Å². The summed E-state index contributed by atoms with van der Waals surface area (Å²) in [6.07, 6.45) is 4.68. The van der Waals surface area contributed by atoms with Gasteiger partial charge in [-0.15, -0.1) is 11.3 Å². The molecule has 2 aliphatic heterocycles. The Hall–Kier alpha value is -6.56. The molecule has 0 amide bonds. The summed E-state index contributed by atoms with van der Waals surface area (Å²) in [5.74, 6) is 0. The molecule has 0 saturated heterocycles. The maximum absolute atomic E-state index is 7.09. The van der Waals surface area contributed by atoms with Gasteiger partial charge < -0.3 is 14.1 Å². The molecule has 0 saturated carbocycles. The number of hydrogen-bond donors (Lipinski definition) is 0. The number of para-hydroxylation sites is 2. The van der Waals surface area contributed by atoms with Crippen LogP contribution in [0.3, 0.4) is 0 Å². The Bertz CT molecular complexity index is 4040. The highest BCUT2D eigenvalue weighted by Crippen LogP contribution is 2.57. The molecule has 0 fully saturated rings. The summed E-state index contributed by atoms with van der Waals surface area (Å²) >= 11 is 2.03. The van der Waals surface area contributed by atoms with Gasteiger partial charge in [-0.05, 0) is 195 Å². The van der Waals surface area contributed by atoms with Crippen LogP contribution in [0.4, 0.5) is 28.4 Å². The zero-order chi connectivity index (χ0) is 50.4. The van der Waals surface area contributed by atoms with Crippen molar-refractivity contribution in [2.75, 3.05) is 9.71 Å². The van der Waals surface area contributed by atoms with Crippen molar-refractivity contribution in [1.82, 2.24) is 0 Å². The topological polar surface area (TPSA) is 19.6 Å². The van der Waals surface area contributed by atoms with E-state index >= 15 is 0 Å². The van der Waals surface area contributed by atoms with Crippen LogP contribution in [0.2, 0.25) is 0 Å². The van der Waals surface area contributed by atoms with Crippen molar-refractivity contribution in [3.8, 4) is 22.3 Å². The van der Waals surface area contributed by atoms with Crippen molar-refractivity contribution in [1.29, 1.82) is 0 Å². The molecule has 362 valence electrons. The van der Waals surface area contributed by atoms with Crippen molar-refractivity contribution >= 4 is 99.7 Å². The molecule has 3 nitrogen and oxygen atoms in total. The molecule has 2 aliphatic carbocycles. The van der Waals surface area contributed by atoms with E-state index in [1.165, 1.54) is 133 Å². The van der Waals surface area contributed by atoms with E-state index in [2.05, 4.69) is 220 Å². The number of aryl methyl sites for hydroxylation is 4. The van der Waals surface area contributed by atoms with Gasteiger partial charge >= 0.3 is 6.85 Å². The number of hydrogen-bond acceptors (Lipinski definition) is 4. The minimum absolute atomic E-state index is 0.0250. The highest BCUT2D eigenvalue weighted by molar-refractivity contribution is 7.32. The minimum Gasteiger partial charge on any atom is -0.454 e. The second kappa shape index (κ2) is 15.0. The van der Waals surface area contributed by atoms with Gasteiger partial charge in [-0.25, -0.2) is 0 Å². The largest absolute Gasteiger partial charge is 0.454 e. The summed E-state index contributed by atoms with van der Waals surface area (Å²) in [5.41, 5.74) is 26.0. The molecule has 14 rings (SSSR count). The molecule has 8 aromatic carbocycles. The quantitative estimate of drug-likeness (QED) is 0.165. The highest BCUT2D eigenvalue weighted by atomic mass is 32.1. The van der Waals surface area contributed by atoms with Crippen LogP contribution < -0.4 is 20.0 Å². The average Bonchev–Trinajstić information content (AvgIpc) is 3.94. The van der Waals surface area contributed by atoms with Gasteiger partial charge in [0.15, 0.2) is 5.58 Å². The Morgan fingerprint density at radius 1 is 0.493 bits per heavy atom. The summed E-state index contributed by atoms with van der Waals surface area (Å²) in [6, 6.07) is 49.6. The van der Waals surface area contributed by atoms with Gasteiger partial charge in [0.2, 0.25) is 0 Å². The molecule has 0 bridgehead atoms. The second-order valence-corrected chi connectivity index (χ2v) is 26.3. The number of anilines is 5. The molecule has 4 heterocycles. The van der Waals surface area contributed by atoms with Crippen LogP contribution in [-0.4, -0.2) is 6.85 Å². The van der Waals surface area contributed by atoms with E-state index in [1.807, 2.05) is 11.3 Å². The first-order valence-electron chi connectivity index (χ1n) is 26.9. The molecular formula is C68H65BN2OS. The number of thiophene rings is 1. The SMILES string of the molecule is Cc1cc(C)c(-c2cc3c4c(c2)N(c2cc5c(cc2C)C(C)(C)CCC5(C)C)c2c(sc5cc6c(cc25)C(C)(C)CCC6(C)C)B4N(c2cccc4c2oc2ccccc24)c2ccc4ccccc4c2-3)c(C)c1. The van der Waals surface area contributed by atoms with Crippen LogP contribution >= 0.6 is 11.3 Å². The molecule has 10 aromatic rings. The lowest BCUT2D eigenvalue weighted by molar-refractivity contribution is 0.332. The standard InChI is InChI=1S/C68H65BN2OS/c1-38-30-40(3)59(41(4)31-38)43-33-48-60-44-19-14-13-18-42(44)24-25-53(60)71(54-22-17-21-46-45-20-15-16-23-57(45)72-63(46)54)69-61(48)56(34-43)70(55-36-51-49(32-39(55)2)65(5,6)26-28-67(51,9)10)62-47-35-50-52(37-58(47)73-64(62)69)68(11,12)29-27-66(50,7)8/h13-25,30-37H,26-29H2,1-12H3. The first-order valence-corrected chi connectivity index (χ1v) is 27.7. The third-order valence-corrected chi connectivity index (χ3v) is 19.7. The van der Waals surface area contributed by atoms with Gasteiger partial charge in [0.1, 0.15) is 5.58 Å². The third-order valence-electron chi connectivity index (χ3n) is 18.5. The fourth-order valence-electron chi connectivity index (χ4n) is 14.4. The molecule has 73 heavy (non-hydrogen) atoms. The Labute approximate surface area is 436 Å². The molecule has 0 unspecified atom stereocenters. The van der Waals surface area contributed by atoms with E-state index in [9.17, 15) is 0 Å². The summed E-state index contributed by atoms with van der Waals surface area (Å²) in [6.45, 7) is 28.9. The normalized spacial score (nSPS) is 17.7. The second-order valence-electron chi connectivity index (χ2n) is 25.2. The first-order chi connectivity index (χ1) is 34.8. The van der Waals surface area contributed by atoms with Crippen molar-refractivity contribution in [3.63, 3.8) is 0 Å². The zero-order valence-corrected chi connectivity index (χ0v) is 45.6.